The number of amides is 1. The number of ether oxygens (including phenoxy) is 2. The number of carbonyl (C=O) groups excluding carboxylic acids is 1. The predicted molar refractivity (Wildman–Crippen MR) is 108 cm³/mol. The van der Waals surface area contributed by atoms with Crippen molar-refractivity contribution in [3.05, 3.63) is 54.1 Å². The Morgan fingerprint density at radius 2 is 1.96 bits per heavy atom. The lowest BCUT2D eigenvalue weighted by Crippen LogP contribution is -2.37. The largest absolute Gasteiger partial charge is 0.497 e. The molecular formula is C21H27N3O3. The summed E-state index contributed by atoms with van der Waals surface area (Å²) in [5.74, 6) is 0.811. The lowest BCUT2D eigenvalue weighted by atomic mass is 10.1. The molecule has 2 N–H and O–H groups in total. The average molecular weight is 369 g/mol. The number of carbonyl (C=O) groups is 1. The number of rotatable bonds is 8. The highest BCUT2D eigenvalue weighted by Gasteiger charge is 2.15. The summed E-state index contributed by atoms with van der Waals surface area (Å²) in [6, 6.07) is 15.9. The Balaban J connectivity index is 1.46. The van der Waals surface area contributed by atoms with E-state index in [1.54, 1.807) is 7.11 Å². The first-order valence-electron chi connectivity index (χ1n) is 9.31. The molecule has 0 aliphatic carbocycles. The van der Waals surface area contributed by atoms with Crippen molar-refractivity contribution in [2.75, 3.05) is 56.7 Å². The first-order chi connectivity index (χ1) is 13.3. The molecule has 0 spiro atoms. The summed E-state index contributed by atoms with van der Waals surface area (Å²) in [5.41, 5.74) is 3.07. The van der Waals surface area contributed by atoms with E-state index in [1.165, 1.54) is 5.56 Å². The van der Waals surface area contributed by atoms with Crippen molar-refractivity contribution in [3.63, 3.8) is 0 Å². The highest BCUT2D eigenvalue weighted by atomic mass is 16.5. The van der Waals surface area contributed by atoms with Crippen molar-refractivity contribution >= 4 is 17.3 Å². The second-order valence-electron chi connectivity index (χ2n) is 6.44. The maximum atomic E-state index is 12.3. The third-order valence-electron chi connectivity index (χ3n) is 4.54. The van der Waals surface area contributed by atoms with E-state index in [1.807, 2.05) is 42.5 Å². The molecule has 6 nitrogen and oxygen atoms in total. The van der Waals surface area contributed by atoms with E-state index in [9.17, 15) is 4.79 Å². The van der Waals surface area contributed by atoms with Crippen molar-refractivity contribution in [1.29, 1.82) is 0 Å². The summed E-state index contributed by atoms with van der Waals surface area (Å²) in [5, 5.41) is 6.22. The van der Waals surface area contributed by atoms with Gasteiger partial charge in [0.1, 0.15) is 5.75 Å². The van der Waals surface area contributed by atoms with Gasteiger partial charge in [0.05, 0.1) is 38.2 Å². The zero-order valence-corrected chi connectivity index (χ0v) is 15.7. The van der Waals surface area contributed by atoms with E-state index >= 15 is 0 Å². The monoisotopic (exact) mass is 369 g/mol. The molecule has 2 aromatic rings. The lowest BCUT2D eigenvalue weighted by molar-refractivity contribution is -0.115. The molecule has 1 heterocycles. The zero-order chi connectivity index (χ0) is 18.9. The van der Waals surface area contributed by atoms with E-state index in [0.717, 1.165) is 43.2 Å². The SMILES string of the molecule is COc1cccc(CCNCC(=O)Nc2ccccc2N2CCOCC2)c1. The Bertz CT molecular complexity index is 745. The van der Waals surface area contributed by atoms with Crippen molar-refractivity contribution < 1.29 is 14.3 Å². The number of nitrogens with zero attached hydrogens (tertiary/aromatic N) is 1. The number of morpholine rings is 1. The van der Waals surface area contributed by atoms with Gasteiger partial charge in [0, 0.05) is 13.1 Å². The average Bonchev–Trinajstić information content (AvgIpc) is 2.72. The molecule has 0 saturated carbocycles. The van der Waals surface area contributed by atoms with Crippen LogP contribution in [0, 0.1) is 0 Å². The number of benzene rings is 2. The van der Waals surface area contributed by atoms with E-state index in [2.05, 4.69) is 21.6 Å². The third-order valence-corrected chi connectivity index (χ3v) is 4.54. The first kappa shape index (κ1) is 19.2. The second-order valence-corrected chi connectivity index (χ2v) is 6.44. The molecule has 1 amide bonds. The Hall–Kier alpha value is -2.57. The van der Waals surface area contributed by atoms with Crippen LogP contribution in [0.5, 0.6) is 5.75 Å². The smallest absolute Gasteiger partial charge is 0.238 e. The molecule has 1 fully saturated rings. The predicted octanol–water partition coefficient (Wildman–Crippen LogP) is 2.30. The van der Waals surface area contributed by atoms with Gasteiger partial charge in [-0.1, -0.05) is 24.3 Å². The van der Waals surface area contributed by atoms with Gasteiger partial charge in [-0.25, -0.2) is 0 Å². The Kier molecular flexibility index (Phi) is 7.07. The van der Waals surface area contributed by atoms with Gasteiger partial charge in [-0.15, -0.1) is 0 Å². The molecule has 0 bridgehead atoms. The zero-order valence-electron chi connectivity index (χ0n) is 15.7. The van der Waals surface area contributed by atoms with E-state index in [4.69, 9.17) is 9.47 Å². The van der Waals surface area contributed by atoms with Crippen molar-refractivity contribution in [2.45, 2.75) is 6.42 Å². The van der Waals surface area contributed by atoms with Gasteiger partial charge < -0.3 is 25.0 Å². The number of nitrogens with one attached hydrogen (secondary N) is 2. The number of anilines is 2. The van der Waals surface area contributed by atoms with Gasteiger partial charge in [0.25, 0.3) is 0 Å². The fraction of sp³-hybridized carbons (Fsp3) is 0.381. The number of hydrogen-bond acceptors (Lipinski definition) is 5. The Morgan fingerprint density at radius 3 is 2.78 bits per heavy atom. The van der Waals surface area contributed by atoms with E-state index in [0.29, 0.717) is 13.2 Å². The van der Waals surface area contributed by atoms with Gasteiger partial charge in [0.15, 0.2) is 0 Å². The number of para-hydroxylation sites is 2. The minimum Gasteiger partial charge on any atom is -0.497 e. The van der Waals surface area contributed by atoms with Crippen LogP contribution in [0.25, 0.3) is 0 Å². The van der Waals surface area contributed by atoms with Crippen LogP contribution in [0.4, 0.5) is 11.4 Å². The third kappa shape index (κ3) is 5.70. The minimum atomic E-state index is -0.0404. The van der Waals surface area contributed by atoms with Crippen molar-refractivity contribution in [2.24, 2.45) is 0 Å². The van der Waals surface area contributed by atoms with E-state index < -0.39 is 0 Å². The van der Waals surface area contributed by atoms with Gasteiger partial charge in [-0.2, -0.15) is 0 Å². The van der Waals surface area contributed by atoms with Crippen LogP contribution in [-0.4, -0.2) is 52.4 Å². The molecule has 3 rings (SSSR count). The molecule has 144 valence electrons. The van der Waals surface area contributed by atoms with Gasteiger partial charge in [0.2, 0.25) is 5.91 Å². The molecule has 2 aromatic carbocycles. The molecule has 0 radical (unpaired) electrons. The Morgan fingerprint density at radius 1 is 1.15 bits per heavy atom. The maximum absolute atomic E-state index is 12.3. The van der Waals surface area contributed by atoms with Crippen molar-refractivity contribution in [1.82, 2.24) is 5.32 Å². The molecule has 1 aliphatic rings. The highest BCUT2D eigenvalue weighted by Crippen LogP contribution is 2.26. The van der Waals surface area contributed by atoms with Gasteiger partial charge in [-0.3, -0.25) is 4.79 Å². The molecule has 0 aromatic heterocycles. The van der Waals surface area contributed by atoms with Crippen LogP contribution in [0.3, 0.4) is 0 Å². The Labute approximate surface area is 160 Å². The summed E-state index contributed by atoms with van der Waals surface area (Å²) in [4.78, 5) is 14.6. The maximum Gasteiger partial charge on any atom is 0.238 e. The number of methoxy groups -OCH3 is 1. The molecule has 27 heavy (non-hydrogen) atoms. The normalized spacial score (nSPS) is 14.0. The summed E-state index contributed by atoms with van der Waals surface area (Å²) in [6.45, 7) is 4.12. The fourth-order valence-electron chi connectivity index (χ4n) is 3.12. The van der Waals surface area contributed by atoms with Crippen molar-refractivity contribution in [3.8, 4) is 5.75 Å². The lowest BCUT2D eigenvalue weighted by Gasteiger charge is -2.30. The summed E-state index contributed by atoms with van der Waals surface area (Å²) in [7, 11) is 1.66. The standard InChI is InChI=1S/C21H27N3O3/c1-26-18-6-4-5-17(15-18)9-10-22-16-21(25)23-19-7-2-3-8-20(19)24-11-13-27-14-12-24/h2-8,15,22H,9-14,16H2,1H3,(H,23,25). The topological polar surface area (TPSA) is 62.8 Å². The fourth-order valence-corrected chi connectivity index (χ4v) is 3.12. The molecule has 6 heteroatoms. The second kappa shape index (κ2) is 9.94. The highest BCUT2D eigenvalue weighted by molar-refractivity contribution is 5.95. The molecule has 0 unspecified atom stereocenters. The molecule has 1 aliphatic heterocycles. The van der Waals surface area contributed by atoms with Gasteiger partial charge in [-0.05, 0) is 42.8 Å². The summed E-state index contributed by atoms with van der Waals surface area (Å²) >= 11 is 0. The van der Waals surface area contributed by atoms with E-state index in [-0.39, 0.29) is 12.5 Å². The van der Waals surface area contributed by atoms with Crippen LogP contribution >= 0.6 is 0 Å². The quantitative estimate of drug-likeness (QED) is 0.699. The van der Waals surface area contributed by atoms with Gasteiger partial charge >= 0.3 is 0 Å². The molecule has 0 atom stereocenters. The summed E-state index contributed by atoms with van der Waals surface area (Å²) in [6.07, 6.45) is 0.842. The molecular weight excluding hydrogens is 342 g/mol. The van der Waals surface area contributed by atoms with Crippen LogP contribution < -0.4 is 20.3 Å². The van der Waals surface area contributed by atoms with Crippen LogP contribution in [-0.2, 0) is 16.0 Å². The first-order valence-corrected chi connectivity index (χ1v) is 9.31. The number of hydrogen-bond donors (Lipinski definition) is 2. The minimum absolute atomic E-state index is 0.0404. The van der Waals surface area contributed by atoms with Crippen LogP contribution in [0.1, 0.15) is 5.56 Å². The van der Waals surface area contributed by atoms with Crippen LogP contribution in [0.2, 0.25) is 0 Å². The molecule has 1 saturated heterocycles. The summed E-state index contributed by atoms with van der Waals surface area (Å²) < 4.78 is 10.6. The van der Waals surface area contributed by atoms with Crippen LogP contribution in [0.15, 0.2) is 48.5 Å².